The molecule has 0 aliphatic rings. The predicted molar refractivity (Wildman–Crippen MR) is 46.5 cm³/mol. The van der Waals surface area contributed by atoms with Crippen LogP contribution in [-0.4, -0.2) is 28.8 Å². The van der Waals surface area contributed by atoms with Crippen LogP contribution in [0.3, 0.4) is 0 Å². The molecule has 15 heavy (non-hydrogen) atoms. The summed E-state index contributed by atoms with van der Waals surface area (Å²) in [5.41, 5.74) is 0.0629. The van der Waals surface area contributed by atoms with Gasteiger partial charge in [-0.2, -0.15) is 0 Å². The van der Waals surface area contributed by atoms with Gasteiger partial charge in [0, 0.05) is 32.7 Å². The number of aromatic carboxylic acids is 1. The Hall–Kier alpha value is -0.936. The zero-order chi connectivity index (χ0) is 10.6. The fourth-order valence-corrected chi connectivity index (χ4v) is 0.864. The van der Waals surface area contributed by atoms with E-state index in [4.69, 9.17) is 14.9 Å². The minimum atomic E-state index is -1.11. The molecule has 0 bridgehead atoms. The number of hydrogen-bond donors (Lipinski definition) is 2. The number of ether oxygens (including phenoxy) is 1. The van der Waals surface area contributed by atoms with E-state index in [9.17, 15) is 9.59 Å². The molecule has 77 valence electrons. The molecular formula is C9H8O5Y. The normalized spacial score (nSPS) is 8.80. The van der Waals surface area contributed by atoms with Crippen LogP contribution in [0.25, 0.3) is 0 Å². The minimum Gasteiger partial charge on any atom is -0.482 e. The summed E-state index contributed by atoms with van der Waals surface area (Å²) < 4.78 is 4.80. The summed E-state index contributed by atoms with van der Waals surface area (Å²) in [4.78, 5) is 20.7. The van der Waals surface area contributed by atoms with Crippen molar-refractivity contribution in [2.24, 2.45) is 0 Å². The van der Waals surface area contributed by atoms with Crippen molar-refractivity contribution in [3.05, 3.63) is 29.8 Å². The Morgan fingerprint density at radius 2 is 1.93 bits per heavy atom. The molecule has 1 aromatic carbocycles. The molecule has 1 aromatic rings. The van der Waals surface area contributed by atoms with Gasteiger partial charge in [-0.05, 0) is 18.2 Å². The van der Waals surface area contributed by atoms with Gasteiger partial charge in [-0.15, -0.1) is 0 Å². The second-order valence-electron chi connectivity index (χ2n) is 2.52. The molecule has 2 N–H and O–H groups in total. The number of carbonyl (C=O) groups is 2. The van der Waals surface area contributed by atoms with E-state index in [1.807, 2.05) is 0 Å². The van der Waals surface area contributed by atoms with Crippen molar-refractivity contribution in [2.45, 2.75) is 0 Å². The zero-order valence-corrected chi connectivity index (χ0v) is 10.6. The van der Waals surface area contributed by atoms with E-state index in [1.165, 1.54) is 24.3 Å². The Balaban J connectivity index is 0.00000196. The SMILES string of the molecule is O=C(O)COc1cccc(C(=O)O)c1.[Y]. The summed E-state index contributed by atoms with van der Waals surface area (Å²) in [6.45, 7) is -0.483. The summed E-state index contributed by atoms with van der Waals surface area (Å²) >= 11 is 0. The van der Waals surface area contributed by atoms with Crippen LogP contribution < -0.4 is 4.74 Å². The average molecular weight is 285 g/mol. The van der Waals surface area contributed by atoms with Crippen molar-refractivity contribution in [3.8, 4) is 5.75 Å². The van der Waals surface area contributed by atoms with E-state index in [0.717, 1.165) is 0 Å². The van der Waals surface area contributed by atoms with Gasteiger partial charge in [0.2, 0.25) is 0 Å². The third-order valence-electron chi connectivity index (χ3n) is 1.44. The standard InChI is InChI=1S/C9H8O5.Y/c10-8(11)5-14-7-3-1-2-6(4-7)9(12)13;/h1-4H,5H2,(H,10,11)(H,12,13);. The second-order valence-corrected chi connectivity index (χ2v) is 2.52. The number of rotatable bonds is 4. The van der Waals surface area contributed by atoms with E-state index < -0.39 is 18.5 Å². The molecule has 0 atom stereocenters. The van der Waals surface area contributed by atoms with Crippen molar-refractivity contribution in [3.63, 3.8) is 0 Å². The molecular weight excluding hydrogens is 277 g/mol. The maximum absolute atomic E-state index is 10.5. The number of benzene rings is 1. The monoisotopic (exact) mass is 285 g/mol. The molecule has 0 aliphatic carbocycles. The van der Waals surface area contributed by atoms with Gasteiger partial charge in [-0.25, -0.2) is 9.59 Å². The first-order valence-electron chi connectivity index (χ1n) is 3.77. The molecule has 0 aliphatic heterocycles. The van der Waals surface area contributed by atoms with Crippen molar-refractivity contribution >= 4 is 11.9 Å². The van der Waals surface area contributed by atoms with E-state index >= 15 is 0 Å². The first-order valence-corrected chi connectivity index (χ1v) is 3.77. The fraction of sp³-hybridized carbons (Fsp3) is 0.111. The number of carboxylic acid groups (broad SMARTS) is 2. The van der Waals surface area contributed by atoms with Crippen molar-refractivity contribution in [2.75, 3.05) is 6.61 Å². The van der Waals surface area contributed by atoms with Gasteiger partial charge in [-0.3, -0.25) is 0 Å². The molecule has 1 rings (SSSR count). The smallest absolute Gasteiger partial charge is 0.341 e. The Labute approximate surface area is 111 Å². The average Bonchev–Trinajstić information content (AvgIpc) is 2.15. The number of aliphatic carboxylic acids is 1. The number of hydrogen-bond acceptors (Lipinski definition) is 3. The van der Waals surface area contributed by atoms with Crippen molar-refractivity contribution in [1.82, 2.24) is 0 Å². The minimum absolute atomic E-state index is 0. The van der Waals surface area contributed by atoms with Crippen molar-refractivity contribution < 1.29 is 57.2 Å². The van der Waals surface area contributed by atoms with Crippen LogP contribution in [0.2, 0.25) is 0 Å². The molecule has 0 unspecified atom stereocenters. The van der Waals surface area contributed by atoms with Gasteiger partial charge >= 0.3 is 11.9 Å². The van der Waals surface area contributed by atoms with Crippen LogP contribution in [0.15, 0.2) is 24.3 Å². The van der Waals surface area contributed by atoms with E-state index in [0.29, 0.717) is 0 Å². The van der Waals surface area contributed by atoms with Gasteiger partial charge in [0.1, 0.15) is 5.75 Å². The molecule has 0 spiro atoms. The molecule has 0 saturated heterocycles. The van der Waals surface area contributed by atoms with Crippen LogP contribution >= 0.6 is 0 Å². The van der Waals surface area contributed by atoms with E-state index in [2.05, 4.69) is 0 Å². The van der Waals surface area contributed by atoms with Crippen LogP contribution in [0, 0.1) is 0 Å². The summed E-state index contributed by atoms with van der Waals surface area (Å²) in [5, 5.41) is 16.9. The van der Waals surface area contributed by atoms with Crippen LogP contribution in [0.1, 0.15) is 10.4 Å². The fourth-order valence-electron chi connectivity index (χ4n) is 0.864. The topological polar surface area (TPSA) is 83.8 Å². The maximum atomic E-state index is 10.5. The molecule has 0 heterocycles. The summed E-state index contributed by atoms with van der Waals surface area (Å²) in [6, 6.07) is 5.65. The van der Waals surface area contributed by atoms with Gasteiger partial charge < -0.3 is 14.9 Å². The first kappa shape index (κ1) is 14.1. The molecule has 0 saturated carbocycles. The Bertz CT molecular complexity index is 363. The van der Waals surface area contributed by atoms with Gasteiger partial charge in [0.05, 0.1) is 5.56 Å². The summed E-state index contributed by atoms with van der Waals surface area (Å²) in [6.07, 6.45) is 0. The zero-order valence-electron chi connectivity index (χ0n) is 7.71. The number of carboxylic acids is 2. The second kappa shape index (κ2) is 6.53. The summed E-state index contributed by atoms with van der Waals surface area (Å²) in [7, 11) is 0. The van der Waals surface area contributed by atoms with Crippen molar-refractivity contribution in [1.29, 1.82) is 0 Å². The Morgan fingerprint density at radius 1 is 1.27 bits per heavy atom. The van der Waals surface area contributed by atoms with Crippen LogP contribution in [0.5, 0.6) is 5.75 Å². The quantitative estimate of drug-likeness (QED) is 0.856. The predicted octanol–water partition coefficient (Wildman–Crippen LogP) is 0.846. The molecule has 1 radical (unpaired) electrons. The molecule has 0 fully saturated rings. The molecule has 0 amide bonds. The molecule has 5 nitrogen and oxygen atoms in total. The largest absolute Gasteiger partial charge is 0.482 e. The van der Waals surface area contributed by atoms with E-state index in [-0.39, 0.29) is 44.0 Å². The third kappa shape index (κ3) is 4.90. The summed E-state index contributed by atoms with van der Waals surface area (Å²) in [5.74, 6) is -1.95. The van der Waals surface area contributed by atoms with Gasteiger partial charge in [-0.1, -0.05) is 6.07 Å². The van der Waals surface area contributed by atoms with Gasteiger partial charge in [0.15, 0.2) is 6.61 Å². The maximum Gasteiger partial charge on any atom is 0.341 e. The van der Waals surface area contributed by atoms with Crippen LogP contribution in [-0.2, 0) is 37.5 Å². The molecule has 6 heteroatoms. The first-order chi connectivity index (χ1) is 6.59. The van der Waals surface area contributed by atoms with Crippen LogP contribution in [0.4, 0.5) is 0 Å². The third-order valence-corrected chi connectivity index (χ3v) is 1.44. The molecule has 0 aromatic heterocycles. The Morgan fingerprint density at radius 3 is 2.47 bits per heavy atom. The van der Waals surface area contributed by atoms with Gasteiger partial charge in [0.25, 0.3) is 0 Å². The van der Waals surface area contributed by atoms with E-state index in [1.54, 1.807) is 0 Å². The Kier molecular flexibility index (Phi) is 6.12.